The summed E-state index contributed by atoms with van der Waals surface area (Å²) in [7, 11) is 4.69. The lowest BCUT2D eigenvalue weighted by Crippen LogP contribution is -2.22. The zero-order chi connectivity index (χ0) is 28.2. The van der Waals surface area contributed by atoms with Crippen molar-refractivity contribution in [3.05, 3.63) is 99.1 Å². The third-order valence-corrected chi connectivity index (χ3v) is 7.35. The van der Waals surface area contributed by atoms with Gasteiger partial charge in [0, 0.05) is 16.7 Å². The van der Waals surface area contributed by atoms with Crippen LogP contribution in [0.15, 0.2) is 76.2 Å². The van der Waals surface area contributed by atoms with Gasteiger partial charge in [0.2, 0.25) is 5.88 Å². The van der Waals surface area contributed by atoms with Gasteiger partial charge in [-0.25, -0.2) is 19.3 Å². The van der Waals surface area contributed by atoms with Gasteiger partial charge in [-0.1, -0.05) is 29.8 Å². The van der Waals surface area contributed by atoms with Crippen molar-refractivity contribution in [3.63, 3.8) is 0 Å². The molecule has 1 atom stereocenters. The number of halogens is 1. The van der Waals surface area contributed by atoms with E-state index < -0.39 is 11.5 Å². The Balaban J connectivity index is 1.56. The highest BCUT2D eigenvalue weighted by Crippen LogP contribution is 2.51. The summed E-state index contributed by atoms with van der Waals surface area (Å²) in [5.41, 5.74) is 2.35. The van der Waals surface area contributed by atoms with Crippen LogP contribution in [0.4, 0.5) is 0 Å². The Bertz CT molecular complexity index is 2050. The first kappa shape index (κ1) is 24.9. The van der Waals surface area contributed by atoms with E-state index in [9.17, 15) is 4.79 Å². The highest BCUT2D eigenvalue weighted by molar-refractivity contribution is 6.30. The molecule has 0 aliphatic carbocycles. The van der Waals surface area contributed by atoms with Crippen LogP contribution in [0.25, 0.3) is 28.0 Å². The minimum Gasteiger partial charge on any atom is -0.497 e. The molecular weight excluding hydrogens is 548 g/mol. The lowest BCUT2D eigenvalue weighted by atomic mass is 9.83. The molecule has 11 heteroatoms. The summed E-state index contributed by atoms with van der Waals surface area (Å²) in [6.45, 7) is 0. The van der Waals surface area contributed by atoms with E-state index in [1.165, 1.54) is 10.8 Å². The fraction of sp³-hybridized carbons (Fsp3) is 0.133. The number of para-hydroxylation sites is 1. The highest BCUT2D eigenvalue weighted by Gasteiger charge is 2.39. The van der Waals surface area contributed by atoms with Crippen LogP contribution >= 0.6 is 11.6 Å². The average Bonchev–Trinajstić information content (AvgIpc) is 3.44. The molecule has 7 rings (SSSR count). The van der Waals surface area contributed by atoms with Gasteiger partial charge in [0.05, 0.1) is 49.3 Å². The minimum atomic E-state index is -0.732. The van der Waals surface area contributed by atoms with Crippen LogP contribution < -0.4 is 24.6 Å². The smallest absolute Gasteiger partial charge is 0.344 e. The fourth-order valence-electron chi connectivity index (χ4n) is 5.27. The number of hydrogen-bond donors (Lipinski definition) is 0. The van der Waals surface area contributed by atoms with Crippen LogP contribution in [0, 0.1) is 0 Å². The van der Waals surface area contributed by atoms with Gasteiger partial charge in [-0.15, -0.1) is 5.10 Å². The van der Waals surface area contributed by atoms with Gasteiger partial charge >= 0.3 is 5.63 Å². The Kier molecular flexibility index (Phi) is 5.79. The number of benzene rings is 3. The SMILES string of the molecule is COc1ccc(C2c3c(c4ccccc4oc3=O)Oc3ncn4nc(-c5cc(Cl)ccc5OC)nc4c32)c(OC)c1. The average molecular weight is 569 g/mol. The van der Waals surface area contributed by atoms with Gasteiger partial charge in [-0.3, -0.25) is 0 Å². The Morgan fingerprint density at radius 3 is 2.56 bits per heavy atom. The molecule has 1 aliphatic rings. The molecule has 4 heterocycles. The lowest BCUT2D eigenvalue weighted by molar-refractivity contribution is 0.387. The molecule has 6 aromatic rings. The van der Waals surface area contributed by atoms with E-state index >= 15 is 0 Å². The molecule has 1 unspecified atom stereocenters. The van der Waals surface area contributed by atoms with Crippen molar-refractivity contribution in [2.24, 2.45) is 0 Å². The zero-order valence-electron chi connectivity index (χ0n) is 22.0. The quantitative estimate of drug-likeness (QED) is 0.236. The molecule has 0 saturated carbocycles. The van der Waals surface area contributed by atoms with Crippen molar-refractivity contribution < 1.29 is 23.4 Å². The first-order valence-corrected chi connectivity index (χ1v) is 12.9. The molecule has 1 aliphatic heterocycles. The molecule has 3 aromatic heterocycles. The van der Waals surface area contributed by atoms with E-state index in [2.05, 4.69) is 10.1 Å². The van der Waals surface area contributed by atoms with Crippen LogP contribution in [-0.2, 0) is 0 Å². The third kappa shape index (κ3) is 3.86. The Labute approximate surface area is 237 Å². The number of hydrogen-bond acceptors (Lipinski definition) is 9. The van der Waals surface area contributed by atoms with E-state index in [0.717, 1.165) is 0 Å². The van der Waals surface area contributed by atoms with Gasteiger partial charge in [-0.2, -0.15) is 0 Å². The largest absolute Gasteiger partial charge is 0.497 e. The van der Waals surface area contributed by atoms with E-state index in [4.69, 9.17) is 39.9 Å². The summed E-state index contributed by atoms with van der Waals surface area (Å²) in [5.74, 6) is 1.91. The topological polar surface area (TPSA) is 110 Å². The Morgan fingerprint density at radius 2 is 1.76 bits per heavy atom. The summed E-state index contributed by atoms with van der Waals surface area (Å²) in [6, 6.07) is 17.8. The first-order chi connectivity index (χ1) is 20.0. The zero-order valence-corrected chi connectivity index (χ0v) is 22.8. The van der Waals surface area contributed by atoms with Gasteiger partial charge in [-0.05, 0) is 36.4 Å². The second-order valence-electron chi connectivity index (χ2n) is 9.28. The molecule has 41 heavy (non-hydrogen) atoms. The van der Waals surface area contributed by atoms with E-state index in [1.54, 1.807) is 63.8 Å². The summed E-state index contributed by atoms with van der Waals surface area (Å²) in [4.78, 5) is 23.1. The number of methoxy groups -OCH3 is 3. The maximum Gasteiger partial charge on any atom is 0.344 e. The van der Waals surface area contributed by atoms with E-state index in [1.807, 2.05) is 18.2 Å². The van der Waals surface area contributed by atoms with Crippen LogP contribution in [0.1, 0.15) is 22.6 Å². The third-order valence-electron chi connectivity index (χ3n) is 7.12. The van der Waals surface area contributed by atoms with Crippen molar-refractivity contribution in [3.8, 4) is 40.3 Å². The monoisotopic (exact) mass is 568 g/mol. The fourth-order valence-corrected chi connectivity index (χ4v) is 5.44. The molecule has 0 saturated heterocycles. The second kappa shape index (κ2) is 9.53. The van der Waals surface area contributed by atoms with E-state index in [0.29, 0.717) is 72.7 Å². The maximum absolute atomic E-state index is 13.7. The van der Waals surface area contributed by atoms with Crippen LogP contribution in [-0.4, -0.2) is 40.9 Å². The number of fused-ring (bicyclic) bond motifs is 6. The first-order valence-electron chi connectivity index (χ1n) is 12.6. The highest BCUT2D eigenvalue weighted by atomic mass is 35.5. The number of ether oxygens (including phenoxy) is 4. The van der Waals surface area contributed by atoms with Crippen molar-refractivity contribution in [1.82, 2.24) is 19.6 Å². The summed E-state index contributed by atoms with van der Waals surface area (Å²) in [6.07, 6.45) is 1.52. The second-order valence-corrected chi connectivity index (χ2v) is 9.72. The number of aromatic nitrogens is 4. The molecular formula is C30H21ClN4O6. The van der Waals surface area contributed by atoms with Crippen LogP contribution in [0.2, 0.25) is 5.02 Å². The van der Waals surface area contributed by atoms with Crippen molar-refractivity contribution in [2.75, 3.05) is 21.3 Å². The molecule has 204 valence electrons. The molecule has 3 aromatic carbocycles. The molecule has 0 N–H and O–H groups in total. The number of rotatable bonds is 5. The molecule has 0 amide bonds. The summed E-state index contributed by atoms with van der Waals surface area (Å²) >= 11 is 6.30. The van der Waals surface area contributed by atoms with Crippen LogP contribution in [0.5, 0.6) is 28.9 Å². The maximum atomic E-state index is 13.7. The number of nitrogens with zero attached hydrogens (tertiary/aromatic N) is 4. The van der Waals surface area contributed by atoms with Crippen molar-refractivity contribution >= 4 is 28.2 Å². The summed E-state index contributed by atoms with van der Waals surface area (Å²) in [5, 5.41) is 5.80. The van der Waals surface area contributed by atoms with Gasteiger partial charge in [0.15, 0.2) is 17.2 Å². The molecule has 0 spiro atoms. The van der Waals surface area contributed by atoms with Crippen molar-refractivity contribution in [2.45, 2.75) is 5.92 Å². The van der Waals surface area contributed by atoms with Gasteiger partial charge in [0.25, 0.3) is 0 Å². The lowest BCUT2D eigenvalue weighted by Gasteiger charge is -2.28. The molecule has 0 fully saturated rings. The molecule has 0 radical (unpaired) electrons. The van der Waals surface area contributed by atoms with Gasteiger partial charge < -0.3 is 23.4 Å². The van der Waals surface area contributed by atoms with Gasteiger partial charge in [0.1, 0.15) is 29.2 Å². The minimum absolute atomic E-state index is 0.278. The van der Waals surface area contributed by atoms with E-state index in [-0.39, 0.29) is 5.88 Å². The van der Waals surface area contributed by atoms with Crippen LogP contribution in [0.3, 0.4) is 0 Å². The summed E-state index contributed by atoms with van der Waals surface area (Å²) < 4.78 is 30.4. The standard InChI is InChI=1S/C30H21ClN4O6/c1-37-16-9-10-17(22(13-16)39-3)23-24-26(18-6-4-5-7-21(18)40-30(24)36)41-29-25(23)28-33-27(34-35(28)14-32-29)19-12-15(31)8-11-20(19)38-2/h4-14,23H,1-3H3. The Hall–Kier alpha value is -5.09. The molecule has 10 nitrogen and oxygen atoms in total. The predicted octanol–water partition coefficient (Wildman–Crippen LogP) is 5.86. The predicted molar refractivity (Wildman–Crippen MR) is 151 cm³/mol. The Morgan fingerprint density at radius 1 is 0.927 bits per heavy atom. The molecule has 0 bridgehead atoms. The van der Waals surface area contributed by atoms with Crippen molar-refractivity contribution in [1.29, 1.82) is 0 Å². The normalized spacial score (nSPS) is 13.9.